The van der Waals surface area contributed by atoms with Gasteiger partial charge in [-0.2, -0.15) is 5.10 Å². The van der Waals surface area contributed by atoms with E-state index in [-0.39, 0.29) is 11.9 Å². The van der Waals surface area contributed by atoms with Crippen LogP contribution >= 0.6 is 0 Å². The van der Waals surface area contributed by atoms with Gasteiger partial charge in [0.15, 0.2) is 0 Å². The van der Waals surface area contributed by atoms with Crippen molar-refractivity contribution < 1.29 is 14.1 Å². The summed E-state index contributed by atoms with van der Waals surface area (Å²) < 4.78 is 12.8. The molecule has 1 aromatic carbocycles. The summed E-state index contributed by atoms with van der Waals surface area (Å²) in [6.07, 6.45) is 3.97. The fourth-order valence-corrected chi connectivity index (χ4v) is 4.24. The molecule has 0 radical (unpaired) electrons. The monoisotopic (exact) mass is 445 g/mol. The second-order valence-corrected chi connectivity index (χ2v) is 8.51. The van der Waals surface area contributed by atoms with Crippen LogP contribution in [0, 0.1) is 6.92 Å². The lowest BCUT2D eigenvalue weighted by molar-refractivity contribution is 0.0941. The molecule has 1 aliphatic rings. The molecule has 0 saturated heterocycles. The Kier molecular flexibility index (Phi) is 5.36. The van der Waals surface area contributed by atoms with Gasteiger partial charge in [-0.25, -0.2) is 4.98 Å². The minimum Gasteiger partial charge on any atom is -0.497 e. The molecule has 8 nitrogen and oxygen atoms in total. The van der Waals surface area contributed by atoms with Gasteiger partial charge in [0.2, 0.25) is 0 Å². The number of hydrogen-bond acceptors (Lipinski definition) is 6. The van der Waals surface area contributed by atoms with Crippen molar-refractivity contribution in [1.29, 1.82) is 0 Å². The van der Waals surface area contributed by atoms with Gasteiger partial charge in [-0.1, -0.05) is 5.16 Å². The largest absolute Gasteiger partial charge is 0.497 e. The topological polar surface area (TPSA) is 95.1 Å². The number of aromatic nitrogens is 4. The Balaban J connectivity index is 1.55. The number of ether oxygens (including phenoxy) is 1. The highest BCUT2D eigenvalue weighted by molar-refractivity contribution is 6.09. The van der Waals surface area contributed by atoms with E-state index in [1.807, 2.05) is 62.0 Å². The van der Waals surface area contributed by atoms with Crippen LogP contribution in [0.3, 0.4) is 0 Å². The van der Waals surface area contributed by atoms with Gasteiger partial charge in [0.25, 0.3) is 11.6 Å². The maximum absolute atomic E-state index is 13.6. The number of fused-ring (bicyclic) bond motifs is 1. The third kappa shape index (κ3) is 3.86. The molecule has 0 spiro atoms. The fraction of sp³-hybridized carbons (Fsp3) is 0.360. The first-order valence-electron chi connectivity index (χ1n) is 11.3. The number of carbonyl (C=O) groups is 1. The van der Waals surface area contributed by atoms with Gasteiger partial charge in [-0.05, 0) is 63.9 Å². The Labute approximate surface area is 191 Å². The Hall–Kier alpha value is -3.68. The van der Waals surface area contributed by atoms with Crippen molar-refractivity contribution in [2.24, 2.45) is 0 Å². The van der Waals surface area contributed by atoms with Crippen LogP contribution < -0.4 is 10.1 Å². The van der Waals surface area contributed by atoms with Gasteiger partial charge in [-0.15, -0.1) is 0 Å². The zero-order valence-corrected chi connectivity index (χ0v) is 19.3. The number of rotatable bonds is 7. The van der Waals surface area contributed by atoms with Gasteiger partial charge in [0, 0.05) is 35.0 Å². The summed E-state index contributed by atoms with van der Waals surface area (Å²) in [7, 11) is 1.62. The van der Waals surface area contributed by atoms with E-state index in [4.69, 9.17) is 9.26 Å². The standard InChI is InChI=1S/C25H27N5O3/c1-5-30-15(3)20(13-26-30)14(2)27-24(31)19-12-21(16-6-7-16)28-25-22(19)23(29-33-25)17-8-10-18(32-4)11-9-17/h8-14,16H,5-7H2,1-4H3,(H,27,31)/t14-/m1/s1. The normalized spacial score (nSPS) is 14.4. The summed E-state index contributed by atoms with van der Waals surface area (Å²) >= 11 is 0. The molecular weight excluding hydrogens is 418 g/mol. The number of hydrogen-bond donors (Lipinski definition) is 1. The Morgan fingerprint density at radius 1 is 1.30 bits per heavy atom. The molecule has 33 heavy (non-hydrogen) atoms. The van der Waals surface area contributed by atoms with E-state index < -0.39 is 0 Å². The quantitative estimate of drug-likeness (QED) is 0.439. The summed E-state index contributed by atoms with van der Waals surface area (Å²) in [6.45, 7) is 6.83. The number of benzene rings is 1. The van der Waals surface area contributed by atoms with Crippen LogP contribution in [-0.4, -0.2) is 32.9 Å². The lowest BCUT2D eigenvalue weighted by atomic mass is 10.0. The SMILES string of the molecule is CCn1ncc([C@@H](C)NC(=O)c2cc(C3CC3)nc3onc(-c4ccc(OC)cc4)c23)c1C. The zero-order chi connectivity index (χ0) is 23.1. The summed E-state index contributed by atoms with van der Waals surface area (Å²) in [5, 5.41) is 12.5. The molecule has 8 heteroatoms. The van der Waals surface area contributed by atoms with Gasteiger partial charge in [0.05, 0.1) is 30.3 Å². The van der Waals surface area contributed by atoms with Crippen molar-refractivity contribution >= 4 is 17.0 Å². The average Bonchev–Trinajstić information content (AvgIpc) is 3.49. The maximum Gasteiger partial charge on any atom is 0.259 e. The lowest BCUT2D eigenvalue weighted by Crippen LogP contribution is -2.27. The van der Waals surface area contributed by atoms with Crippen molar-refractivity contribution in [1.82, 2.24) is 25.2 Å². The summed E-state index contributed by atoms with van der Waals surface area (Å²) in [5.41, 5.74) is 5.27. The highest BCUT2D eigenvalue weighted by atomic mass is 16.5. The molecular formula is C25H27N5O3. The van der Waals surface area contributed by atoms with Crippen LogP contribution in [0.25, 0.3) is 22.4 Å². The van der Waals surface area contributed by atoms with Crippen molar-refractivity contribution in [2.45, 2.75) is 52.1 Å². The molecule has 170 valence electrons. The van der Waals surface area contributed by atoms with Crippen LogP contribution in [0.1, 0.15) is 66.0 Å². The van der Waals surface area contributed by atoms with E-state index in [0.29, 0.717) is 28.3 Å². The third-order valence-electron chi connectivity index (χ3n) is 6.32. The second kappa shape index (κ2) is 8.35. The molecule has 1 saturated carbocycles. The summed E-state index contributed by atoms with van der Waals surface area (Å²) in [5.74, 6) is 0.937. The molecule has 1 N–H and O–H groups in total. The predicted molar refractivity (Wildman–Crippen MR) is 124 cm³/mol. The smallest absolute Gasteiger partial charge is 0.259 e. The van der Waals surface area contributed by atoms with E-state index in [9.17, 15) is 4.79 Å². The molecule has 3 aromatic heterocycles. The first-order chi connectivity index (χ1) is 16.0. The van der Waals surface area contributed by atoms with Crippen molar-refractivity contribution in [2.75, 3.05) is 7.11 Å². The molecule has 5 rings (SSSR count). The number of amides is 1. The number of methoxy groups -OCH3 is 1. The van der Waals surface area contributed by atoms with E-state index in [2.05, 4.69) is 20.6 Å². The van der Waals surface area contributed by atoms with Crippen LogP contribution in [0.2, 0.25) is 0 Å². The number of pyridine rings is 1. The summed E-state index contributed by atoms with van der Waals surface area (Å²) in [4.78, 5) is 18.2. The molecule has 1 amide bonds. The van der Waals surface area contributed by atoms with Crippen molar-refractivity contribution in [3.63, 3.8) is 0 Å². The number of carbonyl (C=O) groups excluding carboxylic acids is 1. The lowest BCUT2D eigenvalue weighted by Gasteiger charge is -2.15. The highest BCUT2D eigenvalue weighted by Crippen LogP contribution is 2.41. The Morgan fingerprint density at radius 2 is 2.06 bits per heavy atom. The Bertz CT molecular complexity index is 1320. The molecule has 0 aliphatic heterocycles. The van der Waals surface area contributed by atoms with Crippen molar-refractivity contribution in [3.8, 4) is 17.0 Å². The minimum absolute atomic E-state index is 0.182. The van der Waals surface area contributed by atoms with Crippen LogP contribution in [0.4, 0.5) is 0 Å². The number of nitrogens with one attached hydrogen (secondary N) is 1. The Morgan fingerprint density at radius 3 is 2.70 bits per heavy atom. The van der Waals surface area contributed by atoms with Gasteiger partial charge in [-0.3, -0.25) is 9.48 Å². The van der Waals surface area contributed by atoms with Gasteiger partial charge in [0.1, 0.15) is 11.4 Å². The molecule has 4 aromatic rings. The molecule has 1 fully saturated rings. The highest BCUT2D eigenvalue weighted by Gasteiger charge is 2.30. The number of nitrogens with zero attached hydrogens (tertiary/aromatic N) is 4. The fourth-order valence-electron chi connectivity index (χ4n) is 4.24. The molecule has 0 bridgehead atoms. The molecule has 0 unspecified atom stereocenters. The van der Waals surface area contributed by atoms with E-state index >= 15 is 0 Å². The number of aryl methyl sites for hydroxylation is 1. The maximum atomic E-state index is 13.6. The van der Waals surface area contributed by atoms with Gasteiger partial charge < -0.3 is 14.6 Å². The molecule has 1 aliphatic carbocycles. The van der Waals surface area contributed by atoms with Gasteiger partial charge >= 0.3 is 0 Å². The van der Waals surface area contributed by atoms with Crippen LogP contribution in [0.15, 0.2) is 41.1 Å². The van der Waals surface area contributed by atoms with Crippen molar-refractivity contribution in [3.05, 3.63) is 59.0 Å². The van der Waals surface area contributed by atoms with Crippen LogP contribution in [-0.2, 0) is 6.54 Å². The minimum atomic E-state index is -0.199. The predicted octanol–water partition coefficient (Wildman–Crippen LogP) is 4.79. The van der Waals surface area contributed by atoms with Crippen LogP contribution in [0.5, 0.6) is 5.75 Å². The first-order valence-corrected chi connectivity index (χ1v) is 11.3. The molecule has 3 heterocycles. The van der Waals surface area contributed by atoms with E-state index in [1.54, 1.807) is 7.11 Å². The molecule has 1 atom stereocenters. The average molecular weight is 446 g/mol. The van der Waals surface area contributed by atoms with E-state index in [1.165, 1.54) is 0 Å². The summed E-state index contributed by atoms with van der Waals surface area (Å²) in [6, 6.07) is 9.22. The zero-order valence-electron chi connectivity index (χ0n) is 19.3. The third-order valence-corrected chi connectivity index (χ3v) is 6.32. The first kappa shape index (κ1) is 21.2. The second-order valence-electron chi connectivity index (χ2n) is 8.51. The van der Waals surface area contributed by atoms with E-state index in [0.717, 1.165) is 47.7 Å².